The van der Waals surface area contributed by atoms with E-state index < -0.39 is 11.6 Å². The highest BCUT2D eigenvalue weighted by Gasteiger charge is 2.24. The Labute approximate surface area is 275 Å². The van der Waals surface area contributed by atoms with E-state index in [1.807, 2.05) is 30.5 Å². The van der Waals surface area contributed by atoms with Crippen LogP contribution in [0.2, 0.25) is 0 Å². The third kappa shape index (κ3) is 8.23. The molecule has 0 atom stereocenters. The molecule has 0 radical (unpaired) electrons. The maximum atomic E-state index is 14.0. The number of amides is 2. The first-order valence-electron chi connectivity index (χ1n) is 16.2. The SMILES string of the molecule is CC(C)c1cc(-c2cccc(OCCCc3cccnc3)c2)cc(C(C)C)c1NC(=O)N(CCCO)c1cc2cccnc2[nH]c1=O. The van der Waals surface area contributed by atoms with Gasteiger partial charge in [-0.25, -0.2) is 9.78 Å². The molecular formula is C38H43N5O4. The predicted molar refractivity (Wildman–Crippen MR) is 189 cm³/mol. The van der Waals surface area contributed by atoms with E-state index in [4.69, 9.17) is 4.74 Å². The summed E-state index contributed by atoms with van der Waals surface area (Å²) in [6.45, 7) is 9.06. The van der Waals surface area contributed by atoms with Gasteiger partial charge >= 0.3 is 6.03 Å². The molecule has 5 aromatic rings. The lowest BCUT2D eigenvalue weighted by molar-refractivity contribution is 0.254. The summed E-state index contributed by atoms with van der Waals surface area (Å²) >= 11 is 0. The van der Waals surface area contributed by atoms with Crippen LogP contribution in [-0.2, 0) is 6.42 Å². The molecule has 2 aromatic carbocycles. The first-order valence-corrected chi connectivity index (χ1v) is 16.2. The summed E-state index contributed by atoms with van der Waals surface area (Å²) in [4.78, 5) is 39.7. The van der Waals surface area contributed by atoms with Gasteiger partial charge in [-0.1, -0.05) is 45.9 Å². The molecule has 0 aliphatic rings. The highest BCUT2D eigenvalue weighted by molar-refractivity contribution is 6.03. The summed E-state index contributed by atoms with van der Waals surface area (Å²) in [6, 6.07) is 21.2. The Morgan fingerprint density at radius 2 is 1.70 bits per heavy atom. The standard InChI is InChI=1S/C38H43N5O4/c1-25(2)32-21-30(28-12-5-14-31(20-28)47-19-8-11-27-10-6-15-39-24-27)22-33(26(3)4)35(32)41-38(46)43(17-9-18-44)34-23-29-13-7-16-40-36(29)42-37(34)45/h5-7,10,12-16,20-26,44H,8-9,11,17-19H2,1-4H3,(H,41,46)(H,40,42,45). The number of aliphatic hydroxyl groups excluding tert-OH is 1. The summed E-state index contributed by atoms with van der Waals surface area (Å²) in [5.41, 5.74) is 6.18. The zero-order chi connectivity index (χ0) is 33.3. The molecule has 0 saturated carbocycles. The molecule has 9 nitrogen and oxygen atoms in total. The Morgan fingerprint density at radius 1 is 0.936 bits per heavy atom. The molecule has 3 heterocycles. The van der Waals surface area contributed by atoms with Gasteiger partial charge in [0.05, 0.1) is 6.61 Å². The fourth-order valence-corrected chi connectivity index (χ4v) is 5.65. The summed E-state index contributed by atoms with van der Waals surface area (Å²) in [5, 5.41) is 13.5. The number of aryl methyl sites for hydroxylation is 1. The fraction of sp³-hybridized carbons (Fsp3) is 0.316. The Morgan fingerprint density at radius 3 is 2.40 bits per heavy atom. The molecule has 5 rings (SSSR count). The second kappa shape index (κ2) is 15.5. The van der Waals surface area contributed by atoms with E-state index in [1.54, 1.807) is 24.5 Å². The normalized spacial score (nSPS) is 11.3. The summed E-state index contributed by atoms with van der Waals surface area (Å²) < 4.78 is 6.13. The van der Waals surface area contributed by atoms with Crippen LogP contribution in [0.1, 0.15) is 69.1 Å². The van der Waals surface area contributed by atoms with Crippen LogP contribution in [0.4, 0.5) is 16.2 Å². The third-order valence-electron chi connectivity index (χ3n) is 8.12. The number of nitrogens with one attached hydrogen (secondary N) is 2. The lowest BCUT2D eigenvalue weighted by Gasteiger charge is -2.26. The highest BCUT2D eigenvalue weighted by Crippen LogP contribution is 2.38. The molecule has 0 aliphatic carbocycles. The van der Waals surface area contributed by atoms with E-state index in [0.29, 0.717) is 24.1 Å². The number of rotatable bonds is 13. The van der Waals surface area contributed by atoms with Gasteiger partial charge in [0.25, 0.3) is 5.56 Å². The number of H-pyrrole nitrogens is 1. The van der Waals surface area contributed by atoms with Crippen molar-refractivity contribution in [3.05, 3.63) is 112 Å². The van der Waals surface area contributed by atoms with Crippen LogP contribution in [-0.4, -0.2) is 45.8 Å². The van der Waals surface area contributed by atoms with E-state index in [0.717, 1.165) is 46.5 Å². The number of urea groups is 1. The van der Waals surface area contributed by atoms with Gasteiger partial charge in [0.1, 0.15) is 17.1 Å². The minimum Gasteiger partial charge on any atom is -0.494 e. The van der Waals surface area contributed by atoms with Crippen molar-refractivity contribution in [1.29, 1.82) is 0 Å². The number of hydrogen-bond donors (Lipinski definition) is 3. The molecule has 0 fully saturated rings. The number of carbonyl (C=O) groups is 1. The van der Waals surface area contributed by atoms with Crippen LogP contribution < -0.4 is 20.5 Å². The smallest absolute Gasteiger partial charge is 0.326 e. The van der Waals surface area contributed by atoms with E-state index in [2.05, 4.69) is 78.3 Å². The van der Waals surface area contributed by atoms with Crippen LogP contribution >= 0.6 is 0 Å². The van der Waals surface area contributed by atoms with Crippen molar-refractivity contribution >= 4 is 28.4 Å². The quantitative estimate of drug-likeness (QED) is 0.115. The monoisotopic (exact) mass is 633 g/mol. The van der Waals surface area contributed by atoms with E-state index >= 15 is 0 Å². The summed E-state index contributed by atoms with van der Waals surface area (Å²) in [5.74, 6) is 0.991. The minimum absolute atomic E-state index is 0.0932. The Hall–Kier alpha value is -5.02. The number of hydrogen-bond acceptors (Lipinski definition) is 6. The molecule has 0 unspecified atom stereocenters. The number of aromatic amines is 1. The molecule has 9 heteroatoms. The molecule has 0 bridgehead atoms. The number of fused-ring (bicyclic) bond motifs is 1. The molecule has 3 aromatic heterocycles. The van der Waals surface area contributed by atoms with Gasteiger partial charge in [-0.3, -0.25) is 14.7 Å². The lowest BCUT2D eigenvalue weighted by atomic mass is 9.88. The van der Waals surface area contributed by atoms with E-state index in [-0.39, 0.29) is 30.7 Å². The Kier molecular flexibility index (Phi) is 11.0. The zero-order valence-corrected chi connectivity index (χ0v) is 27.5. The van der Waals surface area contributed by atoms with Crippen LogP contribution in [0.25, 0.3) is 22.2 Å². The van der Waals surface area contributed by atoms with E-state index in [9.17, 15) is 14.7 Å². The van der Waals surface area contributed by atoms with Gasteiger partial charge in [-0.15, -0.1) is 0 Å². The van der Waals surface area contributed by atoms with Gasteiger partial charge in [0.15, 0.2) is 0 Å². The highest BCUT2D eigenvalue weighted by atomic mass is 16.5. The number of benzene rings is 2. The van der Waals surface area contributed by atoms with Crippen molar-refractivity contribution in [3.8, 4) is 16.9 Å². The van der Waals surface area contributed by atoms with E-state index in [1.165, 1.54) is 10.5 Å². The van der Waals surface area contributed by atoms with Crippen molar-refractivity contribution in [2.75, 3.05) is 30.0 Å². The van der Waals surface area contributed by atoms with Crippen LogP contribution in [0.15, 0.2) is 90.1 Å². The maximum absolute atomic E-state index is 14.0. The molecule has 0 aliphatic heterocycles. The number of carbonyl (C=O) groups excluding carboxylic acids is 1. The number of ether oxygens (including phenoxy) is 1. The van der Waals surface area contributed by atoms with Gasteiger partial charge in [0, 0.05) is 42.8 Å². The topological polar surface area (TPSA) is 120 Å². The van der Waals surface area contributed by atoms with Gasteiger partial charge in [-0.2, -0.15) is 0 Å². The number of aliphatic hydroxyl groups is 1. The Balaban J connectivity index is 1.43. The second-order valence-electron chi connectivity index (χ2n) is 12.3. The predicted octanol–water partition coefficient (Wildman–Crippen LogP) is 7.66. The number of aromatic nitrogens is 3. The number of pyridine rings is 3. The van der Waals surface area contributed by atoms with Crippen molar-refractivity contribution in [2.45, 2.75) is 58.8 Å². The van der Waals surface area contributed by atoms with Crippen LogP contribution in [0.3, 0.4) is 0 Å². The maximum Gasteiger partial charge on any atom is 0.326 e. The summed E-state index contributed by atoms with van der Waals surface area (Å²) in [6.07, 6.45) is 7.37. The Bertz CT molecular complexity index is 1840. The van der Waals surface area contributed by atoms with Crippen LogP contribution in [0.5, 0.6) is 5.75 Å². The second-order valence-corrected chi connectivity index (χ2v) is 12.3. The first kappa shape index (κ1) is 33.3. The molecular weight excluding hydrogens is 590 g/mol. The molecule has 0 spiro atoms. The zero-order valence-electron chi connectivity index (χ0n) is 27.5. The minimum atomic E-state index is -0.439. The molecule has 3 N–H and O–H groups in total. The van der Waals surface area contributed by atoms with Crippen molar-refractivity contribution in [1.82, 2.24) is 15.0 Å². The number of nitrogens with zero attached hydrogens (tertiary/aromatic N) is 3. The lowest BCUT2D eigenvalue weighted by Crippen LogP contribution is -2.39. The first-order chi connectivity index (χ1) is 22.7. The average molecular weight is 634 g/mol. The number of anilines is 2. The summed E-state index contributed by atoms with van der Waals surface area (Å²) in [7, 11) is 0. The molecule has 2 amide bonds. The molecule has 0 saturated heterocycles. The third-order valence-corrected chi connectivity index (χ3v) is 8.12. The van der Waals surface area contributed by atoms with Crippen LogP contribution in [0, 0.1) is 0 Å². The van der Waals surface area contributed by atoms with Crippen molar-refractivity contribution in [3.63, 3.8) is 0 Å². The van der Waals surface area contributed by atoms with Crippen molar-refractivity contribution < 1.29 is 14.6 Å². The molecule has 47 heavy (non-hydrogen) atoms. The van der Waals surface area contributed by atoms with Gasteiger partial charge in [-0.05, 0) is 107 Å². The van der Waals surface area contributed by atoms with Gasteiger partial charge < -0.3 is 20.1 Å². The van der Waals surface area contributed by atoms with Crippen molar-refractivity contribution in [2.24, 2.45) is 0 Å². The largest absolute Gasteiger partial charge is 0.494 e. The average Bonchev–Trinajstić information content (AvgIpc) is 3.07. The molecule has 244 valence electrons. The fourth-order valence-electron chi connectivity index (χ4n) is 5.65. The van der Waals surface area contributed by atoms with Gasteiger partial charge in [0.2, 0.25) is 0 Å².